The molecule has 0 saturated carbocycles. The van der Waals surface area contributed by atoms with Crippen LogP contribution < -0.4 is 5.32 Å². The number of aromatic nitrogens is 2. The molecule has 0 aliphatic heterocycles. The molecule has 4 heteroatoms. The first-order valence-electron chi connectivity index (χ1n) is 5.65. The third-order valence-electron chi connectivity index (χ3n) is 3.09. The van der Waals surface area contributed by atoms with E-state index in [1.165, 1.54) is 24.8 Å². The van der Waals surface area contributed by atoms with Crippen molar-refractivity contribution in [2.24, 2.45) is 7.05 Å². The van der Waals surface area contributed by atoms with Gasteiger partial charge >= 0.3 is 0 Å². The van der Waals surface area contributed by atoms with Gasteiger partial charge in [-0.25, -0.2) is 0 Å². The summed E-state index contributed by atoms with van der Waals surface area (Å²) in [5.41, 5.74) is 1.47. The minimum Gasteiger partial charge on any atom is -0.362 e. The molecular formula is C12H15N3S. The maximum absolute atomic E-state index is 4.37. The summed E-state index contributed by atoms with van der Waals surface area (Å²) in [4.78, 5) is 1.54. The summed E-state index contributed by atoms with van der Waals surface area (Å²) in [5.74, 6) is 0.978. The standard InChI is InChI=1S/C12H15N3S/c1-15-7-5-12(14-15)13-10-3-2-4-11-9(10)6-8-16-11/h5-8,10H,2-4H2,1H3,(H,13,14). The highest BCUT2D eigenvalue weighted by atomic mass is 32.1. The van der Waals surface area contributed by atoms with Crippen LogP contribution in [0.5, 0.6) is 0 Å². The van der Waals surface area contributed by atoms with Crippen LogP contribution in [0.2, 0.25) is 0 Å². The van der Waals surface area contributed by atoms with Crippen molar-refractivity contribution in [1.82, 2.24) is 9.78 Å². The predicted octanol–water partition coefficient (Wildman–Crippen LogP) is 2.97. The molecule has 0 amide bonds. The second-order valence-corrected chi connectivity index (χ2v) is 5.26. The maximum Gasteiger partial charge on any atom is 0.148 e. The third kappa shape index (κ3) is 1.73. The monoisotopic (exact) mass is 233 g/mol. The van der Waals surface area contributed by atoms with Crippen molar-refractivity contribution in [2.75, 3.05) is 5.32 Å². The topological polar surface area (TPSA) is 29.9 Å². The zero-order chi connectivity index (χ0) is 11.0. The highest BCUT2D eigenvalue weighted by Gasteiger charge is 2.21. The lowest BCUT2D eigenvalue weighted by Crippen LogP contribution is -2.15. The molecule has 0 radical (unpaired) electrons. The number of hydrogen-bond donors (Lipinski definition) is 1. The van der Waals surface area contributed by atoms with Crippen LogP contribution in [0.3, 0.4) is 0 Å². The van der Waals surface area contributed by atoms with Crippen LogP contribution in [-0.2, 0) is 13.5 Å². The summed E-state index contributed by atoms with van der Waals surface area (Å²) in [6.07, 6.45) is 5.70. The Hall–Kier alpha value is -1.29. The Labute approximate surface area is 99.1 Å². The van der Waals surface area contributed by atoms with E-state index in [4.69, 9.17) is 0 Å². The van der Waals surface area contributed by atoms with Gasteiger partial charge in [0.25, 0.3) is 0 Å². The molecule has 84 valence electrons. The molecule has 3 nitrogen and oxygen atoms in total. The van der Waals surface area contributed by atoms with Crippen LogP contribution in [0.15, 0.2) is 23.7 Å². The lowest BCUT2D eigenvalue weighted by atomic mass is 9.94. The van der Waals surface area contributed by atoms with Gasteiger partial charge in [-0.3, -0.25) is 4.68 Å². The fraction of sp³-hybridized carbons (Fsp3) is 0.417. The Morgan fingerprint density at radius 2 is 2.44 bits per heavy atom. The van der Waals surface area contributed by atoms with Gasteiger partial charge in [0.1, 0.15) is 5.82 Å². The number of rotatable bonds is 2. The number of aryl methyl sites for hydroxylation is 2. The first kappa shape index (κ1) is 9.90. The Bertz CT molecular complexity index is 486. The van der Waals surface area contributed by atoms with Crippen LogP contribution >= 0.6 is 11.3 Å². The zero-order valence-corrected chi connectivity index (χ0v) is 10.1. The van der Waals surface area contributed by atoms with Gasteiger partial charge in [-0.1, -0.05) is 0 Å². The van der Waals surface area contributed by atoms with Crippen LogP contribution in [0.25, 0.3) is 0 Å². The minimum atomic E-state index is 0.449. The van der Waals surface area contributed by atoms with Crippen molar-refractivity contribution in [3.63, 3.8) is 0 Å². The molecule has 16 heavy (non-hydrogen) atoms. The van der Waals surface area contributed by atoms with Gasteiger partial charge in [0.15, 0.2) is 0 Å². The van der Waals surface area contributed by atoms with Crippen molar-refractivity contribution in [3.8, 4) is 0 Å². The van der Waals surface area contributed by atoms with Crippen molar-refractivity contribution in [2.45, 2.75) is 25.3 Å². The summed E-state index contributed by atoms with van der Waals surface area (Å²) in [5, 5.41) is 10.1. The molecule has 2 aromatic rings. The lowest BCUT2D eigenvalue weighted by Gasteiger charge is -2.23. The number of fused-ring (bicyclic) bond motifs is 1. The highest BCUT2D eigenvalue weighted by molar-refractivity contribution is 7.10. The molecular weight excluding hydrogens is 218 g/mol. The Morgan fingerprint density at radius 1 is 1.50 bits per heavy atom. The largest absolute Gasteiger partial charge is 0.362 e. The van der Waals surface area contributed by atoms with Crippen LogP contribution in [0.4, 0.5) is 5.82 Å². The molecule has 0 saturated heterocycles. The third-order valence-corrected chi connectivity index (χ3v) is 4.08. The Balaban J connectivity index is 1.82. The van der Waals surface area contributed by atoms with Gasteiger partial charge in [0.2, 0.25) is 0 Å². The van der Waals surface area contributed by atoms with E-state index in [-0.39, 0.29) is 0 Å². The maximum atomic E-state index is 4.37. The number of anilines is 1. The number of thiophene rings is 1. The molecule has 1 aliphatic carbocycles. The van der Waals surface area contributed by atoms with Gasteiger partial charge in [0.05, 0.1) is 6.04 Å². The summed E-state index contributed by atoms with van der Waals surface area (Å²) < 4.78 is 1.83. The van der Waals surface area contributed by atoms with Gasteiger partial charge in [0, 0.05) is 24.2 Å². The average molecular weight is 233 g/mol. The molecule has 0 bridgehead atoms. The normalized spacial score (nSPS) is 19.4. The van der Waals surface area contributed by atoms with Crippen molar-refractivity contribution in [1.29, 1.82) is 0 Å². The van der Waals surface area contributed by atoms with E-state index in [2.05, 4.69) is 21.9 Å². The lowest BCUT2D eigenvalue weighted by molar-refractivity contribution is 0.605. The first-order valence-corrected chi connectivity index (χ1v) is 6.53. The second-order valence-electron chi connectivity index (χ2n) is 4.26. The number of hydrogen-bond acceptors (Lipinski definition) is 3. The van der Waals surface area contributed by atoms with Crippen LogP contribution in [0.1, 0.15) is 29.3 Å². The van der Waals surface area contributed by atoms with E-state index in [0.29, 0.717) is 6.04 Å². The molecule has 1 unspecified atom stereocenters. The molecule has 0 spiro atoms. The fourth-order valence-corrected chi connectivity index (χ4v) is 3.29. The van der Waals surface area contributed by atoms with E-state index in [9.17, 15) is 0 Å². The smallest absolute Gasteiger partial charge is 0.148 e. The molecule has 1 aliphatic rings. The number of nitrogens with zero attached hydrogens (tertiary/aromatic N) is 2. The van der Waals surface area contributed by atoms with Crippen molar-refractivity contribution < 1.29 is 0 Å². The molecule has 1 atom stereocenters. The van der Waals surface area contributed by atoms with Gasteiger partial charge in [-0.05, 0) is 36.3 Å². The average Bonchev–Trinajstić information content (AvgIpc) is 2.87. The summed E-state index contributed by atoms with van der Waals surface area (Å²) >= 11 is 1.88. The summed E-state index contributed by atoms with van der Waals surface area (Å²) in [7, 11) is 1.95. The molecule has 2 aromatic heterocycles. The minimum absolute atomic E-state index is 0.449. The molecule has 2 heterocycles. The van der Waals surface area contributed by atoms with E-state index in [0.717, 1.165) is 5.82 Å². The van der Waals surface area contributed by atoms with Crippen LogP contribution in [0, 0.1) is 0 Å². The van der Waals surface area contributed by atoms with E-state index >= 15 is 0 Å². The molecule has 3 rings (SSSR count). The Kier molecular flexibility index (Phi) is 2.44. The molecule has 0 aromatic carbocycles. The quantitative estimate of drug-likeness (QED) is 0.864. The van der Waals surface area contributed by atoms with Gasteiger partial charge in [-0.2, -0.15) is 5.10 Å². The summed E-state index contributed by atoms with van der Waals surface area (Å²) in [6.45, 7) is 0. The van der Waals surface area contributed by atoms with Gasteiger partial charge in [-0.15, -0.1) is 11.3 Å². The van der Waals surface area contributed by atoms with E-state index in [1.807, 2.05) is 35.3 Å². The predicted molar refractivity (Wildman–Crippen MR) is 66.8 cm³/mol. The van der Waals surface area contributed by atoms with E-state index < -0.39 is 0 Å². The highest BCUT2D eigenvalue weighted by Crippen LogP contribution is 2.35. The zero-order valence-electron chi connectivity index (χ0n) is 9.31. The van der Waals surface area contributed by atoms with E-state index in [1.54, 1.807) is 4.88 Å². The summed E-state index contributed by atoms with van der Waals surface area (Å²) in [6, 6.07) is 4.73. The van der Waals surface area contributed by atoms with Crippen LogP contribution in [-0.4, -0.2) is 9.78 Å². The fourth-order valence-electron chi connectivity index (χ4n) is 2.31. The molecule has 0 fully saturated rings. The van der Waals surface area contributed by atoms with Gasteiger partial charge < -0.3 is 5.32 Å². The second kappa shape index (κ2) is 3.94. The van der Waals surface area contributed by atoms with Crippen molar-refractivity contribution in [3.05, 3.63) is 34.2 Å². The van der Waals surface area contributed by atoms with Crippen molar-refractivity contribution >= 4 is 17.2 Å². The SMILES string of the molecule is Cn1ccc(NC2CCCc3sccc32)n1. The first-order chi connectivity index (χ1) is 7.83. The molecule has 1 N–H and O–H groups in total. The Morgan fingerprint density at radius 3 is 3.25 bits per heavy atom. The number of nitrogens with one attached hydrogen (secondary N) is 1.